The molecule has 4 aromatic rings. The molecule has 0 spiro atoms. The number of carbonyl (C=O) groups excluding carboxylic acids is 1. The maximum atomic E-state index is 13.2. The third-order valence-corrected chi connectivity index (χ3v) is 6.12. The lowest BCUT2D eigenvalue weighted by Crippen LogP contribution is -2.34. The van der Waals surface area contributed by atoms with Gasteiger partial charge in [-0.05, 0) is 67.4 Å². The van der Waals surface area contributed by atoms with E-state index < -0.39 is 0 Å². The maximum absolute atomic E-state index is 13.2. The minimum Gasteiger partial charge on any atom is -0.497 e. The van der Waals surface area contributed by atoms with Gasteiger partial charge in [0.25, 0.3) is 5.91 Å². The predicted octanol–water partition coefficient (Wildman–Crippen LogP) is 4.93. The number of thiazole rings is 1. The van der Waals surface area contributed by atoms with E-state index in [1.54, 1.807) is 42.5 Å². The van der Waals surface area contributed by atoms with Crippen LogP contribution in [0.5, 0.6) is 11.5 Å². The molecule has 2 aromatic carbocycles. The first-order chi connectivity index (χ1) is 15.0. The molecule has 0 fully saturated rings. The van der Waals surface area contributed by atoms with Gasteiger partial charge < -0.3 is 9.47 Å². The van der Waals surface area contributed by atoms with Gasteiger partial charge in [-0.15, -0.1) is 0 Å². The number of anilines is 1. The lowest BCUT2D eigenvalue weighted by atomic mass is 10.1. The van der Waals surface area contributed by atoms with Crippen LogP contribution in [0.25, 0.3) is 10.2 Å². The zero-order valence-corrected chi connectivity index (χ0v) is 18.5. The Morgan fingerprint density at radius 3 is 2.52 bits per heavy atom. The van der Waals surface area contributed by atoms with Crippen LogP contribution < -0.4 is 14.4 Å². The highest BCUT2D eigenvalue weighted by Gasteiger charge is 2.22. The molecule has 0 unspecified atom stereocenters. The van der Waals surface area contributed by atoms with Gasteiger partial charge in [-0.3, -0.25) is 14.7 Å². The molecule has 6 nitrogen and oxygen atoms in total. The molecule has 0 bridgehead atoms. The molecule has 1 amide bonds. The van der Waals surface area contributed by atoms with Crippen molar-refractivity contribution in [2.24, 2.45) is 0 Å². The quantitative estimate of drug-likeness (QED) is 0.414. The van der Waals surface area contributed by atoms with Crippen molar-refractivity contribution in [1.82, 2.24) is 9.97 Å². The SMILES string of the molecule is COc1ccc(OCC(=O)N(Cc2ccccn2)c2nc3c(C)c(C)ccc3s2)cc1. The summed E-state index contributed by atoms with van der Waals surface area (Å²) in [7, 11) is 1.61. The van der Waals surface area contributed by atoms with Crippen molar-refractivity contribution in [2.75, 3.05) is 18.6 Å². The van der Waals surface area contributed by atoms with E-state index in [2.05, 4.69) is 31.0 Å². The third-order valence-electron chi connectivity index (χ3n) is 5.07. The van der Waals surface area contributed by atoms with Gasteiger partial charge in [0.2, 0.25) is 0 Å². The molecule has 0 saturated carbocycles. The second-order valence-electron chi connectivity index (χ2n) is 7.12. The summed E-state index contributed by atoms with van der Waals surface area (Å²) < 4.78 is 11.9. The Morgan fingerprint density at radius 1 is 1.03 bits per heavy atom. The van der Waals surface area contributed by atoms with Crippen LogP contribution in [0.4, 0.5) is 5.13 Å². The number of rotatable bonds is 7. The molecular formula is C24H23N3O3S. The van der Waals surface area contributed by atoms with Crippen molar-refractivity contribution in [3.05, 3.63) is 77.6 Å². The molecule has 0 aliphatic rings. The normalized spacial score (nSPS) is 10.8. The molecule has 0 N–H and O–H groups in total. The topological polar surface area (TPSA) is 64.6 Å². The lowest BCUT2D eigenvalue weighted by molar-refractivity contribution is -0.120. The van der Waals surface area contributed by atoms with E-state index >= 15 is 0 Å². The maximum Gasteiger partial charge on any atom is 0.267 e. The van der Waals surface area contributed by atoms with Crippen molar-refractivity contribution in [3.63, 3.8) is 0 Å². The zero-order chi connectivity index (χ0) is 21.8. The Labute approximate surface area is 185 Å². The largest absolute Gasteiger partial charge is 0.497 e. The molecule has 0 aliphatic heterocycles. The molecule has 2 aromatic heterocycles. The second-order valence-corrected chi connectivity index (χ2v) is 8.12. The average Bonchev–Trinajstić information content (AvgIpc) is 3.24. The number of hydrogen-bond donors (Lipinski definition) is 0. The van der Waals surface area contributed by atoms with E-state index in [1.807, 2.05) is 18.2 Å². The highest BCUT2D eigenvalue weighted by Crippen LogP contribution is 2.32. The standard InChI is InChI=1S/C24H23N3O3S/c1-16-7-12-21-23(17(16)2)26-24(31-21)27(14-18-6-4-5-13-25-18)22(28)15-30-20-10-8-19(29-3)9-11-20/h4-13H,14-15H2,1-3H3. The van der Waals surface area contributed by atoms with Crippen LogP contribution in [-0.2, 0) is 11.3 Å². The molecule has 4 rings (SSSR count). The first-order valence-electron chi connectivity index (χ1n) is 9.89. The van der Waals surface area contributed by atoms with Gasteiger partial charge in [-0.2, -0.15) is 0 Å². The molecule has 0 atom stereocenters. The highest BCUT2D eigenvalue weighted by atomic mass is 32.1. The number of benzene rings is 2. The van der Waals surface area contributed by atoms with Crippen molar-refractivity contribution in [1.29, 1.82) is 0 Å². The molecule has 2 heterocycles. The van der Waals surface area contributed by atoms with Crippen LogP contribution >= 0.6 is 11.3 Å². The van der Waals surface area contributed by atoms with Gasteiger partial charge in [0, 0.05) is 6.20 Å². The molecule has 0 saturated heterocycles. The van der Waals surface area contributed by atoms with Crippen molar-refractivity contribution >= 4 is 32.6 Å². The Bertz CT molecular complexity index is 1190. The fourth-order valence-corrected chi connectivity index (χ4v) is 4.18. The summed E-state index contributed by atoms with van der Waals surface area (Å²) in [6, 6.07) is 16.9. The second kappa shape index (κ2) is 9.14. The monoisotopic (exact) mass is 433 g/mol. The number of aryl methyl sites for hydroxylation is 2. The van der Waals surface area contributed by atoms with Crippen LogP contribution in [0.15, 0.2) is 60.8 Å². The van der Waals surface area contributed by atoms with Gasteiger partial charge in [0.15, 0.2) is 11.7 Å². The average molecular weight is 434 g/mol. The van der Waals surface area contributed by atoms with Gasteiger partial charge in [0.05, 0.1) is 29.6 Å². The van der Waals surface area contributed by atoms with Gasteiger partial charge in [0.1, 0.15) is 11.5 Å². The fraction of sp³-hybridized carbons (Fsp3) is 0.208. The minimum absolute atomic E-state index is 0.104. The summed E-state index contributed by atoms with van der Waals surface area (Å²) in [4.78, 5) is 24.0. The van der Waals surface area contributed by atoms with E-state index in [1.165, 1.54) is 16.9 Å². The van der Waals surface area contributed by atoms with Crippen LogP contribution in [0.1, 0.15) is 16.8 Å². The summed E-state index contributed by atoms with van der Waals surface area (Å²) in [5.74, 6) is 1.15. The van der Waals surface area contributed by atoms with Crippen LogP contribution in [0, 0.1) is 13.8 Å². The Morgan fingerprint density at radius 2 is 1.81 bits per heavy atom. The number of ether oxygens (including phenoxy) is 2. The first kappa shape index (κ1) is 20.8. The number of methoxy groups -OCH3 is 1. The molecule has 7 heteroatoms. The highest BCUT2D eigenvalue weighted by molar-refractivity contribution is 7.22. The first-order valence-corrected chi connectivity index (χ1v) is 10.7. The Kier molecular flexibility index (Phi) is 6.13. The smallest absolute Gasteiger partial charge is 0.267 e. The van der Waals surface area contributed by atoms with Crippen LogP contribution in [0.3, 0.4) is 0 Å². The number of amides is 1. The fourth-order valence-electron chi connectivity index (χ4n) is 3.14. The van der Waals surface area contributed by atoms with E-state index in [4.69, 9.17) is 14.5 Å². The number of carbonyl (C=O) groups is 1. The summed E-state index contributed by atoms with van der Waals surface area (Å²) in [6.45, 7) is 4.34. The summed E-state index contributed by atoms with van der Waals surface area (Å²) >= 11 is 1.50. The summed E-state index contributed by atoms with van der Waals surface area (Å²) in [5.41, 5.74) is 4.01. The van der Waals surface area contributed by atoms with Gasteiger partial charge >= 0.3 is 0 Å². The molecule has 31 heavy (non-hydrogen) atoms. The summed E-state index contributed by atoms with van der Waals surface area (Å²) in [5, 5.41) is 0.637. The molecule has 158 valence electrons. The van der Waals surface area contributed by atoms with E-state index in [9.17, 15) is 4.79 Å². The molecule has 0 radical (unpaired) electrons. The Hall–Kier alpha value is -3.45. The number of fused-ring (bicyclic) bond motifs is 1. The summed E-state index contributed by atoms with van der Waals surface area (Å²) in [6.07, 6.45) is 1.72. The number of aromatic nitrogens is 2. The lowest BCUT2D eigenvalue weighted by Gasteiger charge is -2.19. The van der Waals surface area contributed by atoms with Crippen molar-refractivity contribution < 1.29 is 14.3 Å². The van der Waals surface area contributed by atoms with E-state index in [0.717, 1.165) is 27.2 Å². The van der Waals surface area contributed by atoms with Crippen LogP contribution in [-0.4, -0.2) is 29.6 Å². The minimum atomic E-state index is -0.185. The zero-order valence-electron chi connectivity index (χ0n) is 17.7. The number of pyridine rings is 1. The molecular weight excluding hydrogens is 410 g/mol. The third kappa shape index (κ3) is 4.67. The Balaban J connectivity index is 1.60. The van der Waals surface area contributed by atoms with Gasteiger partial charge in [-0.25, -0.2) is 4.98 Å². The van der Waals surface area contributed by atoms with Gasteiger partial charge in [-0.1, -0.05) is 23.5 Å². The van der Waals surface area contributed by atoms with Crippen molar-refractivity contribution in [2.45, 2.75) is 20.4 Å². The van der Waals surface area contributed by atoms with E-state index in [-0.39, 0.29) is 12.5 Å². The predicted molar refractivity (Wildman–Crippen MR) is 123 cm³/mol. The van der Waals surface area contributed by atoms with Crippen LogP contribution in [0.2, 0.25) is 0 Å². The molecule has 0 aliphatic carbocycles. The van der Waals surface area contributed by atoms with Crippen molar-refractivity contribution in [3.8, 4) is 11.5 Å². The number of hydrogen-bond acceptors (Lipinski definition) is 6. The van der Waals surface area contributed by atoms with E-state index in [0.29, 0.717) is 17.4 Å². The number of nitrogens with zero attached hydrogens (tertiary/aromatic N) is 3.